The minimum Gasteiger partial charge on any atom is -0.444 e. The van der Waals surface area contributed by atoms with E-state index in [2.05, 4.69) is 45.5 Å². The number of hydrogen-bond acceptors (Lipinski definition) is 5. The third-order valence-corrected chi connectivity index (χ3v) is 6.40. The summed E-state index contributed by atoms with van der Waals surface area (Å²) in [6.45, 7) is 6.97. The van der Waals surface area contributed by atoms with Crippen LogP contribution < -0.4 is 5.73 Å². The molecule has 0 spiro atoms. The van der Waals surface area contributed by atoms with Crippen molar-refractivity contribution in [1.82, 2.24) is 24.6 Å². The number of aromatic amines is 1. The Kier molecular flexibility index (Phi) is 6.26. The minimum atomic E-state index is -0.486. The highest BCUT2D eigenvalue weighted by molar-refractivity contribution is 5.79. The molecule has 4 aromatic rings. The van der Waals surface area contributed by atoms with E-state index in [-0.39, 0.29) is 12.1 Å². The first-order chi connectivity index (χ1) is 17.3. The number of nitrogens with one attached hydrogen (secondary N) is 1. The molecular formula is C28H32N6O2. The van der Waals surface area contributed by atoms with E-state index < -0.39 is 5.60 Å². The second kappa shape index (κ2) is 9.53. The van der Waals surface area contributed by atoms with Gasteiger partial charge in [-0.1, -0.05) is 30.3 Å². The third kappa shape index (κ3) is 5.12. The number of ether oxygens (including phenoxy) is 1. The van der Waals surface area contributed by atoms with Crippen LogP contribution in [0.2, 0.25) is 0 Å². The number of carbonyl (C=O) groups is 1. The maximum atomic E-state index is 12.4. The molecule has 4 heterocycles. The molecule has 0 saturated carbocycles. The summed E-state index contributed by atoms with van der Waals surface area (Å²) in [6.07, 6.45) is 7.11. The molecule has 3 aromatic heterocycles. The molecule has 1 aliphatic heterocycles. The number of likely N-dealkylation sites (tertiary alicyclic amines) is 1. The van der Waals surface area contributed by atoms with E-state index >= 15 is 0 Å². The summed E-state index contributed by atoms with van der Waals surface area (Å²) in [5, 5.41) is 4.63. The SMILES string of the molecule is CC(C)(C)OC(=O)N1CCC(n2cc(-c3cnc(N)c(-c4ccc(-c5ccccc5)[nH]4)c3)cn2)CC1. The van der Waals surface area contributed by atoms with Gasteiger partial charge in [0, 0.05) is 53.6 Å². The Labute approximate surface area is 211 Å². The van der Waals surface area contributed by atoms with Crippen molar-refractivity contribution < 1.29 is 9.53 Å². The number of amides is 1. The van der Waals surface area contributed by atoms with Crippen LogP contribution in [0.3, 0.4) is 0 Å². The molecule has 1 aromatic carbocycles. The number of rotatable bonds is 4. The number of hydrogen-bond donors (Lipinski definition) is 2. The van der Waals surface area contributed by atoms with Gasteiger partial charge in [-0.15, -0.1) is 0 Å². The lowest BCUT2D eigenvalue weighted by Crippen LogP contribution is -2.42. The number of nitrogens with two attached hydrogens (primary N) is 1. The second-order valence-electron chi connectivity index (χ2n) is 10.2. The maximum Gasteiger partial charge on any atom is 0.410 e. The van der Waals surface area contributed by atoms with Gasteiger partial charge < -0.3 is 20.4 Å². The molecule has 1 saturated heterocycles. The Morgan fingerprint density at radius 1 is 1.00 bits per heavy atom. The second-order valence-corrected chi connectivity index (χ2v) is 10.2. The molecule has 5 rings (SSSR count). The van der Waals surface area contributed by atoms with Gasteiger partial charge in [-0.05, 0) is 57.4 Å². The van der Waals surface area contributed by atoms with Gasteiger partial charge in [0.25, 0.3) is 0 Å². The number of piperidine rings is 1. The van der Waals surface area contributed by atoms with Crippen LogP contribution in [-0.4, -0.2) is 49.4 Å². The lowest BCUT2D eigenvalue weighted by molar-refractivity contribution is 0.0185. The van der Waals surface area contributed by atoms with Crippen molar-refractivity contribution in [1.29, 1.82) is 0 Å². The number of benzene rings is 1. The van der Waals surface area contributed by atoms with E-state index in [4.69, 9.17) is 10.5 Å². The quantitative estimate of drug-likeness (QED) is 0.383. The number of carbonyl (C=O) groups excluding carboxylic acids is 1. The summed E-state index contributed by atoms with van der Waals surface area (Å²) in [6, 6.07) is 16.5. The first-order valence-electron chi connectivity index (χ1n) is 12.3. The van der Waals surface area contributed by atoms with Gasteiger partial charge in [-0.3, -0.25) is 4.68 Å². The van der Waals surface area contributed by atoms with Gasteiger partial charge in [-0.25, -0.2) is 9.78 Å². The molecule has 1 fully saturated rings. The van der Waals surface area contributed by atoms with Crippen LogP contribution in [0.25, 0.3) is 33.6 Å². The van der Waals surface area contributed by atoms with Crippen molar-refractivity contribution in [3.8, 4) is 33.6 Å². The predicted molar refractivity (Wildman–Crippen MR) is 141 cm³/mol. The Hall–Kier alpha value is -4.07. The Bertz CT molecular complexity index is 1340. The van der Waals surface area contributed by atoms with Crippen LogP contribution in [0.4, 0.5) is 10.6 Å². The van der Waals surface area contributed by atoms with E-state index in [9.17, 15) is 4.79 Å². The van der Waals surface area contributed by atoms with E-state index in [1.165, 1.54) is 0 Å². The van der Waals surface area contributed by atoms with Crippen LogP contribution in [0.1, 0.15) is 39.7 Å². The van der Waals surface area contributed by atoms with Crippen LogP contribution >= 0.6 is 0 Å². The van der Waals surface area contributed by atoms with Crippen molar-refractivity contribution in [2.45, 2.75) is 45.3 Å². The monoisotopic (exact) mass is 484 g/mol. The smallest absolute Gasteiger partial charge is 0.410 e. The largest absolute Gasteiger partial charge is 0.444 e. The first-order valence-corrected chi connectivity index (χ1v) is 12.3. The number of aromatic nitrogens is 4. The van der Waals surface area contributed by atoms with Crippen molar-refractivity contribution in [2.24, 2.45) is 0 Å². The molecule has 8 nitrogen and oxygen atoms in total. The first kappa shape index (κ1) is 23.7. The minimum absolute atomic E-state index is 0.232. The zero-order valence-electron chi connectivity index (χ0n) is 20.9. The van der Waals surface area contributed by atoms with Gasteiger partial charge in [0.2, 0.25) is 0 Å². The van der Waals surface area contributed by atoms with E-state index in [0.717, 1.165) is 46.5 Å². The maximum absolute atomic E-state index is 12.4. The van der Waals surface area contributed by atoms with Crippen molar-refractivity contribution in [3.05, 3.63) is 67.1 Å². The Morgan fingerprint density at radius 3 is 2.44 bits per heavy atom. The molecule has 1 amide bonds. The molecule has 186 valence electrons. The summed E-state index contributed by atoms with van der Waals surface area (Å²) in [5.41, 5.74) is 11.6. The standard InChI is InChI=1S/C28H32N6O2/c1-28(2,3)36-27(35)33-13-11-22(12-14-33)34-18-21(17-31-34)20-15-23(26(29)30-16-20)25-10-9-24(32-25)19-7-5-4-6-8-19/h4-10,15-18,22,32H,11-14H2,1-3H3,(H2,29,30). The van der Waals surface area contributed by atoms with Crippen molar-refractivity contribution in [3.63, 3.8) is 0 Å². The van der Waals surface area contributed by atoms with Gasteiger partial charge in [-0.2, -0.15) is 5.10 Å². The number of nitrogen functional groups attached to an aromatic ring is 1. The lowest BCUT2D eigenvalue weighted by Gasteiger charge is -2.33. The van der Waals surface area contributed by atoms with Gasteiger partial charge >= 0.3 is 6.09 Å². The molecule has 0 atom stereocenters. The molecule has 3 N–H and O–H groups in total. The highest BCUT2D eigenvalue weighted by Gasteiger charge is 2.28. The number of nitrogens with zero attached hydrogens (tertiary/aromatic N) is 4. The Balaban J connectivity index is 1.30. The number of anilines is 1. The van der Waals surface area contributed by atoms with E-state index in [0.29, 0.717) is 18.9 Å². The van der Waals surface area contributed by atoms with Gasteiger partial charge in [0.15, 0.2) is 0 Å². The molecule has 0 unspecified atom stereocenters. The fourth-order valence-electron chi connectivity index (χ4n) is 4.51. The number of pyridine rings is 1. The predicted octanol–water partition coefficient (Wildman–Crippen LogP) is 5.76. The third-order valence-electron chi connectivity index (χ3n) is 6.40. The summed E-state index contributed by atoms with van der Waals surface area (Å²) in [4.78, 5) is 22.1. The van der Waals surface area contributed by atoms with E-state index in [1.54, 1.807) is 11.1 Å². The molecule has 8 heteroatoms. The summed E-state index contributed by atoms with van der Waals surface area (Å²) < 4.78 is 7.51. The topological polar surface area (TPSA) is 102 Å². The normalized spacial score (nSPS) is 14.7. The molecule has 0 radical (unpaired) electrons. The molecule has 1 aliphatic rings. The van der Waals surface area contributed by atoms with Crippen LogP contribution in [-0.2, 0) is 4.74 Å². The van der Waals surface area contributed by atoms with Crippen LogP contribution in [0.5, 0.6) is 0 Å². The molecule has 0 aliphatic carbocycles. The van der Waals surface area contributed by atoms with Crippen LogP contribution in [0, 0.1) is 0 Å². The van der Waals surface area contributed by atoms with Crippen molar-refractivity contribution >= 4 is 11.9 Å². The molecule has 36 heavy (non-hydrogen) atoms. The lowest BCUT2D eigenvalue weighted by atomic mass is 10.1. The van der Waals surface area contributed by atoms with Gasteiger partial charge in [0.05, 0.1) is 12.2 Å². The molecule has 0 bridgehead atoms. The van der Waals surface area contributed by atoms with Gasteiger partial charge in [0.1, 0.15) is 11.4 Å². The average molecular weight is 485 g/mol. The molecular weight excluding hydrogens is 452 g/mol. The fraction of sp³-hybridized carbons (Fsp3) is 0.321. The number of H-pyrrole nitrogens is 1. The van der Waals surface area contributed by atoms with Crippen LogP contribution in [0.15, 0.2) is 67.1 Å². The Morgan fingerprint density at radius 2 is 1.72 bits per heavy atom. The summed E-state index contributed by atoms with van der Waals surface area (Å²) in [5.74, 6) is 0.474. The average Bonchev–Trinajstić information content (AvgIpc) is 3.55. The van der Waals surface area contributed by atoms with E-state index in [1.807, 2.05) is 55.9 Å². The summed E-state index contributed by atoms with van der Waals surface area (Å²) >= 11 is 0. The summed E-state index contributed by atoms with van der Waals surface area (Å²) in [7, 11) is 0. The zero-order chi connectivity index (χ0) is 25.3. The highest BCUT2D eigenvalue weighted by atomic mass is 16.6. The highest BCUT2D eigenvalue weighted by Crippen LogP contribution is 2.32. The fourth-order valence-corrected chi connectivity index (χ4v) is 4.51. The van der Waals surface area contributed by atoms with Crippen molar-refractivity contribution in [2.75, 3.05) is 18.8 Å². The zero-order valence-corrected chi connectivity index (χ0v) is 20.9.